The average Bonchev–Trinajstić information content (AvgIpc) is 2.51. The first-order valence-electron chi connectivity index (χ1n) is 4.19. The number of halogens is 2. The standard InChI is InChI=1S/C10H7Cl2NO2/c1-13-8(10(14)15)4-5-6(11)2-3-7(12)9(5)13/h2-4H,1H3,(H,14,15). The van der Waals surface area contributed by atoms with Gasteiger partial charge in [0, 0.05) is 12.4 Å². The van der Waals surface area contributed by atoms with Gasteiger partial charge in [-0.2, -0.15) is 0 Å². The molecule has 0 fully saturated rings. The molecular formula is C10H7Cl2NO2. The van der Waals surface area contributed by atoms with Crippen LogP contribution in [0.4, 0.5) is 0 Å². The van der Waals surface area contributed by atoms with Gasteiger partial charge in [0.2, 0.25) is 0 Å². The molecule has 2 rings (SSSR count). The topological polar surface area (TPSA) is 42.2 Å². The Balaban J connectivity index is 2.93. The first kappa shape index (κ1) is 10.3. The van der Waals surface area contributed by atoms with Crippen molar-refractivity contribution in [1.29, 1.82) is 0 Å². The molecule has 0 aliphatic carbocycles. The third-order valence-electron chi connectivity index (χ3n) is 2.31. The molecule has 0 bridgehead atoms. The maximum absolute atomic E-state index is 10.9. The van der Waals surface area contributed by atoms with Crippen LogP contribution in [-0.2, 0) is 7.05 Å². The van der Waals surface area contributed by atoms with Crippen LogP contribution < -0.4 is 0 Å². The van der Waals surface area contributed by atoms with Crippen LogP contribution in [0.15, 0.2) is 18.2 Å². The van der Waals surface area contributed by atoms with Gasteiger partial charge in [0.05, 0.1) is 15.6 Å². The molecule has 1 aromatic carbocycles. The van der Waals surface area contributed by atoms with E-state index in [9.17, 15) is 4.79 Å². The van der Waals surface area contributed by atoms with Crippen LogP contribution in [0, 0.1) is 0 Å². The van der Waals surface area contributed by atoms with E-state index in [4.69, 9.17) is 28.3 Å². The highest BCUT2D eigenvalue weighted by Crippen LogP contribution is 2.31. The second-order valence-electron chi connectivity index (χ2n) is 3.19. The Hall–Kier alpha value is -1.19. The highest BCUT2D eigenvalue weighted by Gasteiger charge is 2.15. The van der Waals surface area contributed by atoms with Crippen molar-refractivity contribution in [2.45, 2.75) is 0 Å². The van der Waals surface area contributed by atoms with E-state index in [0.29, 0.717) is 20.9 Å². The van der Waals surface area contributed by atoms with Gasteiger partial charge in [0.15, 0.2) is 0 Å². The molecule has 0 aliphatic rings. The zero-order valence-electron chi connectivity index (χ0n) is 7.79. The van der Waals surface area contributed by atoms with Crippen LogP contribution in [0.25, 0.3) is 10.9 Å². The molecule has 0 aliphatic heterocycles. The van der Waals surface area contributed by atoms with Crippen molar-refractivity contribution in [2.75, 3.05) is 0 Å². The van der Waals surface area contributed by atoms with Gasteiger partial charge in [-0.1, -0.05) is 23.2 Å². The van der Waals surface area contributed by atoms with Gasteiger partial charge < -0.3 is 9.67 Å². The number of hydrogen-bond acceptors (Lipinski definition) is 1. The minimum absolute atomic E-state index is 0.167. The third-order valence-corrected chi connectivity index (χ3v) is 2.95. The van der Waals surface area contributed by atoms with Crippen LogP contribution in [0.3, 0.4) is 0 Å². The number of rotatable bonds is 1. The molecule has 0 atom stereocenters. The van der Waals surface area contributed by atoms with E-state index >= 15 is 0 Å². The SMILES string of the molecule is Cn1c(C(=O)O)cc2c(Cl)ccc(Cl)c21. The van der Waals surface area contributed by atoms with Crippen LogP contribution in [-0.4, -0.2) is 15.6 Å². The van der Waals surface area contributed by atoms with Crippen molar-refractivity contribution in [1.82, 2.24) is 4.57 Å². The summed E-state index contributed by atoms with van der Waals surface area (Å²) in [6.07, 6.45) is 0. The number of aromatic carboxylic acids is 1. The molecule has 0 saturated carbocycles. The fraction of sp³-hybridized carbons (Fsp3) is 0.100. The van der Waals surface area contributed by atoms with Crippen molar-refractivity contribution in [3.63, 3.8) is 0 Å². The van der Waals surface area contributed by atoms with Crippen LogP contribution in [0.5, 0.6) is 0 Å². The van der Waals surface area contributed by atoms with Gasteiger partial charge >= 0.3 is 5.97 Å². The number of fused-ring (bicyclic) bond motifs is 1. The lowest BCUT2D eigenvalue weighted by atomic mass is 10.2. The number of nitrogens with zero attached hydrogens (tertiary/aromatic N) is 1. The number of benzene rings is 1. The van der Waals surface area contributed by atoms with Crippen LogP contribution in [0.2, 0.25) is 10.0 Å². The molecule has 0 amide bonds. The summed E-state index contributed by atoms with van der Waals surface area (Å²) in [7, 11) is 1.65. The molecule has 2 aromatic rings. The van der Waals surface area contributed by atoms with Crippen LogP contribution in [0.1, 0.15) is 10.5 Å². The molecule has 0 spiro atoms. The maximum Gasteiger partial charge on any atom is 0.352 e. The lowest BCUT2D eigenvalue weighted by Gasteiger charge is -2.01. The van der Waals surface area contributed by atoms with Gasteiger partial charge in [-0.25, -0.2) is 4.79 Å². The van der Waals surface area contributed by atoms with Crippen molar-refractivity contribution in [3.8, 4) is 0 Å². The molecule has 3 nitrogen and oxygen atoms in total. The first-order valence-corrected chi connectivity index (χ1v) is 4.94. The van der Waals surface area contributed by atoms with E-state index in [0.717, 1.165) is 0 Å². The zero-order valence-corrected chi connectivity index (χ0v) is 9.30. The van der Waals surface area contributed by atoms with Gasteiger partial charge in [-0.05, 0) is 18.2 Å². The minimum Gasteiger partial charge on any atom is -0.477 e. The summed E-state index contributed by atoms with van der Waals surface area (Å²) in [5, 5.41) is 10.6. The number of hydrogen-bond donors (Lipinski definition) is 1. The highest BCUT2D eigenvalue weighted by molar-refractivity contribution is 6.40. The number of carboxylic acids is 1. The lowest BCUT2D eigenvalue weighted by Crippen LogP contribution is -2.03. The third kappa shape index (κ3) is 1.48. The number of carboxylic acid groups (broad SMARTS) is 1. The number of aryl methyl sites for hydroxylation is 1. The fourth-order valence-electron chi connectivity index (χ4n) is 1.59. The molecule has 78 valence electrons. The monoisotopic (exact) mass is 243 g/mol. The maximum atomic E-state index is 10.9. The molecule has 1 N–H and O–H groups in total. The zero-order chi connectivity index (χ0) is 11.2. The van der Waals surface area contributed by atoms with Gasteiger partial charge in [-0.15, -0.1) is 0 Å². The molecule has 0 saturated heterocycles. The first-order chi connectivity index (χ1) is 7.02. The molecule has 0 unspecified atom stereocenters. The highest BCUT2D eigenvalue weighted by atomic mass is 35.5. The molecular weight excluding hydrogens is 237 g/mol. The van der Waals surface area contributed by atoms with E-state index in [1.165, 1.54) is 10.6 Å². The Bertz CT molecular complexity index is 560. The summed E-state index contributed by atoms with van der Waals surface area (Å²) in [6, 6.07) is 4.82. The van der Waals surface area contributed by atoms with Crippen molar-refractivity contribution in [3.05, 3.63) is 33.9 Å². The molecule has 0 radical (unpaired) electrons. The lowest BCUT2D eigenvalue weighted by molar-refractivity contribution is 0.0687. The normalized spacial score (nSPS) is 10.9. The average molecular weight is 244 g/mol. The van der Waals surface area contributed by atoms with E-state index in [-0.39, 0.29) is 5.69 Å². The summed E-state index contributed by atoms with van der Waals surface area (Å²) < 4.78 is 1.52. The minimum atomic E-state index is -0.999. The Kier molecular flexibility index (Phi) is 2.37. The quantitative estimate of drug-likeness (QED) is 0.836. The Labute approximate surface area is 95.8 Å². The van der Waals surface area contributed by atoms with E-state index in [2.05, 4.69) is 0 Å². The summed E-state index contributed by atoms with van der Waals surface area (Å²) in [5.74, 6) is -0.999. The number of aromatic nitrogens is 1. The molecule has 5 heteroatoms. The molecule has 1 aromatic heterocycles. The largest absolute Gasteiger partial charge is 0.477 e. The van der Waals surface area contributed by atoms with Gasteiger partial charge in [-0.3, -0.25) is 0 Å². The van der Waals surface area contributed by atoms with Crippen molar-refractivity contribution in [2.24, 2.45) is 7.05 Å². The van der Waals surface area contributed by atoms with Crippen molar-refractivity contribution < 1.29 is 9.90 Å². The summed E-state index contributed by atoms with van der Waals surface area (Å²) in [5.41, 5.74) is 0.807. The molecule has 1 heterocycles. The Morgan fingerprint density at radius 1 is 1.33 bits per heavy atom. The fourth-order valence-corrected chi connectivity index (χ4v) is 2.09. The molecule has 15 heavy (non-hydrogen) atoms. The Morgan fingerprint density at radius 2 is 1.93 bits per heavy atom. The Morgan fingerprint density at radius 3 is 2.47 bits per heavy atom. The van der Waals surface area contributed by atoms with E-state index in [1.807, 2.05) is 0 Å². The number of carbonyl (C=O) groups is 1. The second-order valence-corrected chi connectivity index (χ2v) is 4.00. The summed E-state index contributed by atoms with van der Waals surface area (Å²) in [6.45, 7) is 0. The second kappa shape index (κ2) is 3.43. The van der Waals surface area contributed by atoms with E-state index in [1.54, 1.807) is 19.2 Å². The summed E-state index contributed by atoms with van der Waals surface area (Å²) >= 11 is 11.9. The smallest absolute Gasteiger partial charge is 0.352 e. The van der Waals surface area contributed by atoms with E-state index < -0.39 is 5.97 Å². The predicted molar refractivity (Wildman–Crippen MR) is 59.9 cm³/mol. The predicted octanol–water partition coefficient (Wildman–Crippen LogP) is 3.18. The van der Waals surface area contributed by atoms with Crippen LogP contribution >= 0.6 is 23.2 Å². The summed E-state index contributed by atoms with van der Waals surface area (Å²) in [4.78, 5) is 10.9. The van der Waals surface area contributed by atoms with Gasteiger partial charge in [0.25, 0.3) is 0 Å². The van der Waals surface area contributed by atoms with Crippen molar-refractivity contribution >= 4 is 40.1 Å². The van der Waals surface area contributed by atoms with Gasteiger partial charge in [0.1, 0.15) is 5.69 Å².